The molecule has 98 valence electrons. The van der Waals surface area contributed by atoms with Crippen LogP contribution in [-0.4, -0.2) is 35.6 Å². The molecular weight excluding hydrogens is 230 g/mol. The van der Waals surface area contributed by atoms with Gasteiger partial charge >= 0.3 is 0 Å². The van der Waals surface area contributed by atoms with Gasteiger partial charge in [-0.25, -0.2) is 4.98 Å². The van der Waals surface area contributed by atoms with Crippen LogP contribution >= 0.6 is 11.3 Å². The Labute approximate surface area is 109 Å². The monoisotopic (exact) mass is 255 g/mol. The summed E-state index contributed by atoms with van der Waals surface area (Å²) in [7, 11) is 0. The number of hydrogen-bond donors (Lipinski definition) is 1. The fourth-order valence-electron chi connectivity index (χ4n) is 1.66. The third kappa shape index (κ3) is 5.15. The van der Waals surface area contributed by atoms with Crippen molar-refractivity contribution in [3.05, 3.63) is 15.6 Å². The van der Waals surface area contributed by atoms with Crippen LogP contribution in [0.1, 0.15) is 36.3 Å². The van der Waals surface area contributed by atoms with Gasteiger partial charge in [0.2, 0.25) is 0 Å². The Kier molecular flexibility index (Phi) is 6.09. The van der Waals surface area contributed by atoms with Crippen molar-refractivity contribution in [2.75, 3.05) is 19.6 Å². The fourth-order valence-corrected chi connectivity index (χ4v) is 2.63. The Hall–Kier alpha value is -0.450. The average molecular weight is 255 g/mol. The third-order valence-electron chi connectivity index (χ3n) is 2.86. The number of nitrogens with zero attached hydrogens (tertiary/aromatic N) is 2. The molecule has 0 aliphatic rings. The summed E-state index contributed by atoms with van der Waals surface area (Å²) in [5.74, 6) is 0. The molecule has 1 aromatic heterocycles. The second-order valence-electron chi connectivity index (χ2n) is 4.73. The summed E-state index contributed by atoms with van der Waals surface area (Å²) in [5, 5.41) is 4.70. The molecule has 1 aromatic rings. The highest BCUT2D eigenvalue weighted by atomic mass is 32.1. The third-order valence-corrected chi connectivity index (χ3v) is 3.92. The van der Waals surface area contributed by atoms with Gasteiger partial charge in [0.25, 0.3) is 0 Å². The molecular formula is C13H25N3S. The highest BCUT2D eigenvalue weighted by Crippen LogP contribution is 2.17. The van der Waals surface area contributed by atoms with E-state index >= 15 is 0 Å². The molecule has 4 heteroatoms. The minimum Gasteiger partial charge on any atom is -0.313 e. The lowest BCUT2D eigenvalue weighted by molar-refractivity contribution is 0.276. The summed E-state index contributed by atoms with van der Waals surface area (Å²) in [6.45, 7) is 15.0. The lowest BCUT2D eigenvalue weighted by atomic mass is 10.4. The summed E-state index contributed by atoms with van der Waals surface area (Å²) in [4.78, 5) is 8.38. The quantitative estimate of drug-likeness (QED) is 0.811. The first-order chi connectivity index (χ1) is 8.02. The van der Waals surface area contributed by atoms with E-state index in [1.165, 1.54) is 15.6 Å². The Bertz CT molecular complexity index is 314. The van der Waals surface area contributed by atoms with Crippen LogP contribution in [0.15, 0.2) is 0 Å². The molecule has 3 nitrogen and oxygen atoms in total. The molecule has 0 aliphatic heterocycles. The number of rotatable bonds is 7. The van der Waals surface area contributed by atoms with Crippen molar-refractivity contribution in [3.8, 4) is 0 Å². The SMILES string of the molecule is CCN(CCNC(C)C)Cc1nc(C)c(C)s1. The van der Waals surface area contributed by atoms with E-state index in [9.17, 15) is 0 Å². The second kappa shape index (κ2) is 7.09. The van der Waals surface area contributed by atoms with Crippen LogP contribution in [-0.2, 0) is 6.54 Å². The van der Waals surface area contributed by atoms with Gasteiger partial charge in [-0.15, -0.1) is 11.3 Å². The van der Waals surface area contributed by atoms with Crippen LogP contribution in [0.2, 0.25) is 0 Å². The number of aryl methyl sites for hydroxylation is 2. The summed E-state index contributed by atoms with van der Waals surface area (Å²) < 4.78 is 0. The zero-order chi connectivity index (χ0) is 12.8. The van der Waals surface area contributed by atoms with Crippen molar-refractivity contribution < 1.29 is 0 Å². The topological polar surface area (TPSA) is 28.2 Å². The Morgan fingerprint density at radius 3 is 2.53 bits per heavy atom. The van der Waals surface area contributed by atoms with Crippen molar-refractivity contribution in [2.45, 2.75) is 47.2 Å². The number of aromatic nitrogens is 1. The van der Waals surface area contributed by atoms with Crippen molar-refractivity contribution in [2.24, 2.45) is 0 Å². The molecule has 0 aromatic carbocycles. The maximum Gasteiger partial charge on any atom is 0.107 e. The van der Waals surface area contributed by atoms with E-state index < -0.39 is 0 Å². The van der Waals surface area contributed by atoms with E-state index in [2.05, 4.69) is 49.8 Å². The standard InChI is InChI=1S/C13H25N3S/c1-6-16(8-7-14-10(2)3)9-13-15-11(4)12(5)17-13/h10,14H,6-9H2,1-5H3. The minimum atomic E-state index is 0.568. The van der Waals surface area contributed by atoms with Crippen LogP contribution in [0, 0.1) is 13.8 Å². The van der Waals surface area contributed by atoms with Crippen molar-refractivity contribution in [1.82, 2.24) is 15.2 Å². The van der Waals surface area contributed by atoms with Gasteiger partial charge in [0.05, 0.1) is 12.2 Å². The van der Waals surface area contributed by atoms with Crippen LogP contribution < -0.4 is 5.32 Å². The van der Waals surface area contributed by atoms with Crippen LogP contribution in [0.4, 0.5) is 0 Å². The minimum absolute atomic E-state index is 0.568. The van der Waals surface area contributed by atoms with E-state index in [-0.39, 0.29) is 0 Å². The second-order valence-corrected chi connectivity index (χ2v) is 6.01. The maximum absolute atomic E-state index is 4.60. The van der Waals surface area contributed by atoms with Crippen molar-refractivity contribution in [1.29, 1.82) is 0 Å². The van der Waals surface area contributed by atoms with Gasteiger partial charge in [0, 0.05) is 24.0 Å². The number of thiazole rings is 1. The molecule has 0 amide bonds. The molecule has 0 aliphatic carbocycles. The molecule has 0 fully saturated rings. The van der Waals surface area contributed by atoms with Gasteiger partial charge in [0.1, 0.15) is 5.01 Å². The first-order valence-electron chi connectivity index (χ1n) is 6.41. The van der Waals surface area contributed by atoms with Gasteiger partial charge in [0.15, 0.2) is 0 Å². The predicted octanol–water partition coefficient (Wildman–Crippen LogP) is 2.58. The highest BCUT2D eigenvalue weighted by molar-refractivity contribution is 7.11. The van der Waals surface area contributed by atoms with E-state index in [0.717, 1.165) is 26.2 Å². The summed E-state index contributed by atoms with van der Waals surface area (Å²) in [6, 6.07) is 0.568. The van der Waals surface area contributed by atoms with E-state index in [1.807, 2.05) is 11.3 Å². The van der Waals surface area contributed by atoms with Gasteiger partial charge in [-0.1, -0.05) is 20.8 Å². The van der Waals surface area contributed by atoms with Gasteiger partial charge in [-0.2, -0.15) is 0 Å². The van der Waals surface area contributed by atoms with Gasteiger partial charge in [-0.05, 0) is 20.4 Å². The van der Waals surface area contributed by atoms with Gasteiger partial charge < -0.3 is 5.32 Å². The predicted molar refractivity (Wildman–Crippen MR) is 75.7 cm³/mol. The van der Waals surface area contributed by atoms with Crippen LogP contribution in [0.5, 0.6) is 0 Å². The average Bonchev–Trinajstić information content (AvgIpc) is 2.56. The molecule has 0 spiro atoms. The molecule has 0 unspecified atom stereocenters. The molecule has 1 N–H and O–H groups in total. The lowest BCUT2D eigenvalue weighted by Gasteiger charge is -2.20. The molecule has 1 rings (SSSR count). The Morgan fingerprint density at radius 2 is 2.06 bits per heavy atom. The lowest BCUT2D eigenvalue weighted by Crippen LogP contribution is -2.34. The maximum atomic E-state index is 4.60. The summed E-state index contributed by atoms with van der Waals surface area (Å²) in [6.07, 6.45) is 0. The largest absolute Gasteiger partial charge is 0.313 e. The molecule has 1 heterocycles. The molecule has 0 saturated heterocycles. The number of nitrogens with one attached hydrogen (secondary N) is 1. The number of hydrogen-bond acceptors (Lipinski definition) is 4. The smallest absolute Gasteiger partial charge is 0.107 e. The normalized spacial score (nSPS) is 11.7. The first kappa shape index (κ1) is 14.6. The van der Waals surface area contributed by atoms with Gasteiger partial charge in [-0.3, -0.25) is 4.90 Å². The highest BCUT2D eigenvalue weighted by Gasteiger charge is 2.08. The first-order valence-corrected chi connectivity index (χ1v) is 7.23. The van der Waals surface area contributed by atoms with Crippen molar-refractivity contribution >= 4 is 11.3 Å². The Morgan fingerprint density at radius 1 is 1.35 bits per heavy atom. The Balaban J connectivity index is 2.41. The molecule has 0 atom stereocenters. The summed E-state index contributed by atoms with van der Waals surface area (Å²) in [5.41, 5.74) is 1.18. The van der Waals surface area contributed by atoms with Crippen LogP contribution in [0.3, 0.4) is 0 Å². The van der Waals surface area contributed by atoms with Crippen molar-refractivity contribution in [3.63, 3.8) is 0 Å². The summed E-state index contributed by atoms with van der Waals surface area (Å²) >= 11 is 1.82. The van der Waals surface area contributed by atoms with Crippen LogP contribution in [0.25, 0.3) is 0 Å². The molecule has 0 bridgehead atoms. The zero-order valence-electron chi connectivity index (χ0n) is 11.7. The van der Waals surface area contributed by atoms with E-state index in [4.69, 9.17) is 0 Å². The molecule has 17 heavy (non-hydrogen) atoms. The van der Waals surface area contributed by atoms with E-state index in [0.29, 0.717) is 6.04 Å². The van der Waals surface area contributed by atoms with E-state index in [1.54, 1.807) is 0 Å². The molecule has 0 radical (unpaired) electrons. The molecule has 0 saturated carbocycles. The fraction of sp³-hybridized carbons (Fsp3) is 0.769. The zero-order valence-corrected chi connectivity index (χ0v) is 12.5. The number of likely N-dealkylation sites (N-methyl/N-ethyl adjacent to an activating group) is 1.